The first-order valence-corrected chi connectivity index (χ1v) is 12.5. The van der Waals surface area contributed by atoms with Crippen molar-refractivity contribution in [3.05, 3.63) is 17.9 Å². The Hall–Kier alpha value is -2.07. The Bertz CT molecular complexity index is 876. The van der Waals surface area contributed by atoms with E-state index in [1.807, 2.05) is 0 Å². The highest BCUT2D eigenvalue weighted by Gasteiger charge is 2.29. The predicted octanol–water partition coefficient (Wildman–Crippen LogP) is 2.59. The number of carbonyl (C=O) groups is 2. The van der Waals surface area contributed by atoms with Gasteiger partial charge in [-0.2, -0.15) is 0 Å². The topological polar surface area (TPSA) is 121 Å². The van der Waals surface area contributed by atoms with Crippen LogP contribution in [0.2, 0.25) is 0 Å². The van der Waals surface area contributed by atoms with Gasteiger partial charge in [0.15, 0.2) is 5.76 Å². The van der Waals surface area contributed by atoms with Crippen molar-refractivity contribution in [1.82, 2.24) is 20.3 Å². The molecule has 1 aliphatic heterocycles. The SMILES string of the molecule is CC(C)(C)NS(=O)(=O)c1ccc(C(=O)NC2CCN(C(=O)NC3CCCCC3)CC2)o1. The molecule has 0 bridgehead atoms. The monoisotopic (exact) mass is 454 g/mol. The lowest BCUT2D eigenvalue weighted by Crippen LogP contribution is -2.51. The number of piperidine rings is 1. The fourth-order valence-corrected chi connectivity index (χ4v) is 5.39. The van der Waals surface area contributed by atoms with Crippen LogP contribution in [-0.2, 0) is 10.0 Å². The van der Waals surface area contributed by atoms with Gasteiger partial charge in [0.25, 0.3) is 15.9 Å². The second kappa shape index (κ2) is 9.60. The summed E-state index contributed by atoms with van der Waals surface area (Å²) in [5, 5.41) is 5.72. The molecule has 1 saturated carbocycles. The first kappa shape index (κ1) is 23.6. The number of nitrogens with one attached hydrogen (secondary N) is 3. The highest BCUT2D eigenvalue weighted by molar-refractivity contribution is 7.89. The third kappa shape index (κ3) is 6.70. The van der Waals surface area contributed by atoms with Crippen LogP contribution in [0, 0.1) is 0 Å². The van der Waals surface area contributed by atoms with Gasteiger partial charge in [0.2, 0.25) is 5.09 Å². The van der Waals surface area contributed by atoms with E-state index in [0.29, 0.717) is 25.9 Å². The third-order valence-corrected chi connectivity index (χ3v) is 7.19. The number of urea groups is 1. The molecule has 3 rings (SSSR count). The first-order valence-electron chi connectivity index (χ1n) is 11.0. The molecule has 0 atom stereocenters. The summed E-state index contributed by atoms with van der Waals surface area (Å²) >= 11 is 0. The van der Waals surface area contributed by atoms with Gasteiger partial charge in [-0.3, -0.25) is 4.79 Å². The molecule has 0 spiro atoms. The van der Waals surface area contributed by atoms with Gasteiger partial charge in [-0.1, -0.05) is 19.3 Å². The smallest absolute Gasteiger partial charge is 0.317 e. The maximum absolute atomic E-state index is 12.5. The zero-order chi connectivity index (χ0) is 22.6. The van der Waals surface area contributed by atoms with Gasteiger partial charge < -0.3 is 20.0 Å². The highest BCUT2D eigenvalue weighted by Crippen LogP contribution is 2.19. The van der Waals surface area contributed by atoms with E-state index in [9.17, 15) is 18.0 Å². The summed E-state index contributed by atoms with van der Waals surface area (Å²) in [6.07, 6.45) is 6.95. The van der Waals surface area contributed by atoms with Crippen LogP contribution in [0.15, 0.2) is 21.6 Å². The fourth-order valence-electron chi connectivity index (χ4n) is 4.04. The molecule has 174 valence electrons. The normalized spacial score (nSPS) is 19.3. The lowest BCUT2D eigenvalue weighted by atomic mass is 9.95. The van der Waals surface area contributed by atoms with Crippen LogP contribution in [0.5, 0.6) is 0 Å². The summed E-state index contributed by atoms with van der Waals surface area (Å²) in [6.45, 7) is 6.31. The Morgan fingerprint density at radius 2 is 1.58 bits per heavy atom. The molecule has 2 heterocycles. The van der Waals surface area contributed by atoms with Crippen LogP contribution in [-0.4, -0.2) is 56.0 Å². The lowest BCUT2D eigenvalue weighted by Gasteiger charge is -2.34. The molecule has 2 fully saturated rings. The Morgan fingerprint density at radius 1 is 0.968 bits per heavy atom. The minimum Gasteiger partial charge on any atom is -0.438 e. The quantitative estimate of drug-likeness (QED) is 0.631. The van der Waals surface area contributed by atoms with Gasteiger partial charge in [-0.05, 0) is 58.6 Å². The number of hydrogen-bond donors (Lipinski definition) is 3. The van der Waals surface area contributed by atoms with Gasteiger partial charge in [0, 0.05) is 30.7 Å². The molecule has 1 saturated heterocycles. The summed E-state index contributed by atoms with van der Waals surface area (Å²) in [5.74, 6) is -0.505. The number of rotatable bonds is 5. The Labute approximate surface area is 184 Å². The number of amides is 3. The lowest BCUT2D eigenvalue weighted by molar-refractivity contribution is 0.0884. The molecule has 31 heavy (non-hydrogen) atoms. The maximum atomic E-state index is 12.5. The molecule has 0 aromatic carbocycles. The molecule has 1 aromatic rings. The van der Waals surface area contributed by atoms with Gasteiger partial charge in [0.05, 0.1) is 0 Å². The van der Waals surface area contributed by atoms with Crippen molar-refractivity contribution in [2.45, 2.75) is 88.4 Å². The van der Waals surface area contributed by atoms with E-state index in [-0.39, 0.29) is 29.0 Å². The molecule has 1 aliphatic carbocycles. The van der Waals surface area contributed by atoms with Crippen molar-refractivity contribution < 1.29 is 22.4 Å². The van der Waals surface area contributed by atoms with E-state index in [1.54, 1.807) is 25.7 Å². The van der Waals surface area contributed by atoms with Crippen molar-refractivity contribution in [3.8, 4) is 0 Å². The number of hydrogen-bond acceptors (Lipinski definition) is 5. The summed E-state index contributed by atoms with van der Waals surface area (Å²) in [4.78, 5) is 26.8. The molecule has 0 unspecified atom stereocenters. The summed E-state index contributed by atoms with van der Waals surface area (Å²) < 4.78 is 32.5. The van der Waals surface area contributed by atoms with Crippen molar-refractivity contribution in [2.24, 2.45) is 0 Å². The van der Waals surface area contributed by atoms with E-state index in [4.69, 9.17) is 4.42 Å². The summed E-state index contributed by atoms with van der Waals surface area (Å²) in [6, 6.07) is 2.80. The van der Waals surface area contributed by atoms with Crippen LogP contribution in [0.25, 0.3) is 0 Å². The van der Waals surface area contributed by atoms with E-state index in [0.717, 1.165) is 12.8 Å². The number of furan rings is 1. The summed E-state index contributed by atoms with van der Waals surface area (Å²) in [7, 11) is -3.84. The summed E-state index contributed by atoms with van der Waals surface area (Å²) in [5.41, 5.74) is -0.661. The van der Waals surface area contributed by atoms with Gasteiger partial charge in [-0.25, -0.2) is 17.9 Å². The van der Waals surface area contributed by atoms with E-state index in [1.165, 1.54) is 31.4 Å². The second-order valence-electron chi connectivity index (χ2n) is 9.49. The van der Waals surface area contributed by atoms with E-state index in [2.05, 4.69) is 15.4 Å². The Kier molecular flexibility index (Phi) is 7.31. The highest BCUT2D eigenvalue weighted by atomic mass is 32.2. The van der Waals surface area contributed by atoms with Crippen LogP contribution in [0.4, 0.5) is 4.79 Å². The van der Waals surface area contributed by atoms with Crippen LogP contribution in [0.1, 0.15) is 76.3 Å². The predicted molar refractivity (Wildman–Crippen MR) is 116 cm³/mol. The zero-order valence-corrected chi connectivity index (χ0v) is 19.4. The molecule has 3 N–H and O–H groups in total. The minimum atomic E-state index is -3.84. The molecule has 10 heteroatoms. The van der Waals surface area contributed by atoms with Crippen molar-refractivity contribution in [1.29, 1.82) is 0 Å². The average Bonchev–Trinajstić information content (AvgIpc) is 3.19. The Morgan fingerprint density at radius 3 is 2.19 bits per heavy atom. The van der Waals surface area contributed by atoms with E-state index >= 15 is 0 Å². The van der Waals surface area contributed by atoms with Gasteiger partial charge in [-0.15, -0.1) is 0 Å². The van der Waals surface area contributed by atoms with Crippen LogP contribution in [0.3, 0.4) is 0 Å². The molecule has 0 radical (unpaired) electrons. The maximum Gasteiger partial charge on any atom is 0.317 e. The first-order chi connectivity index (χ1) is 14.5. The van der Waals surface area contributed by atoms with Crippen LogP contribution >= 0.6 is 0 Å². The second-order valence-corrected chi connectivity index (χ2v) is 11.1. The number of sulfonamides is 1. The number of nitrogens with zero attached hydrogens (tertiary/aromatic N) is 1. The Balaban J connectivity index is 1.48. The van der Waals surface area contributed by atoms with Crippen molar-refractivity contribution >= 4 is 22.0 Å². The van der Waals surface area contributed by atoms with Crippen molar-refractivity contribution in [3.63, 3.8) is 0 Å². The van der Waals surface area contributed by atoms with Crippen molar-refractivity contribution in [2.75, 3.05) is 13.1 Å². The molecule has 3 amide bonds. The molecular weight excluding hydrogens is 420 g/mol. The minimum absolute atomic E-state index is 0.0242. The molecule has 2 aliphatic rings. The number of likely N-dealkylation sites (tertiary alicyclic amines) is 1. The van der Waals surface area contributed by atoms with Gasteiger partial charge in [0.1, 0.15) is 0 Å². The largest absolute Gasteiger partial charge is 0.438 e. The van der Waals surface area contributed by atoms with E-state index < -0.39 is 21.5 Å². The molecule has 1 aromatic heterocycles. The number of carbonyl (C=O) groups excluding carboxylic acids is 2. The standard InChI is InChI=1S/C21H34N4O5S/c1-21(2,3)24-31(28,29)18-10-9-17(30-18)19(26)22-16-11-13-25(14-12-16)20(27)23-15-7-5-4-6-8-15/h9-10,15-16,24H,4-8,11-14H2,1-3H3,(H,22,26)(H,23,27). The van der Waals surface area contributed by atoms with Gasteiger partial charge >= 0.3 is 6.03 Å². The molecular formula is C21H34N4O5S. The fraction of sp³-hybridized carbons (Fsp3) is 0.714. The molecule has 9 nitrogen and oxygen atoms in total. The average molecular weight is 455 g/mol. The third-order valence-electron chi connectivity index (χ3n) is 5.56. The zero-order valence-electron chi connectivity index (χ0n) is 18.6. The van der Waals surface area contributed by atoms with Crippen LogP contribution < -0.4 is 15.4 Å².